The van der Waals surface area contributed by atoms with Crippen LogP contribution in [-0.2, 0) is 11.2 Å². The van der Waals surface area contributed by atoms with Gasteiger partial charge in [-0.3, -0.25) is 14.5 Å². The van der Waals surface area contributed by atoms with E-state index in [1.807, 2.05) is 31.2 Å². The van der Waals surface area contributed by atoms with E-state index < -0.39 is 11.9 Å². The average Bonchev–Trinajstić information content (AvgIpc) is 3.10. The molecule has 0 bridgehead atoms. The van der Waals surface area contributed by atoms with Gasteiger partial charge in [-0.05, 0) is 43.2 Å². The van der Waals surface area contributed by atoms with Crippen LogP contribution in [0.4, 0.5) is 10.5 Å². The standard InChI is InChI=1S/C21H23N3O4/c1-14-3-2-4-15(11-14)12-17(20(26)27)13-23-19(25)16-5-7-18(8-6-16)24-10-9-22-21(24)28/h2-8,11,17H,9-10,12-13H2,1H3,(H,22,28)(H,23,25)(H,26,27). The summed E-state index contributed by atoms with van der Waals surface area (Å²) >= 11 is 0. The largest absolute Gasteiger partial charge is 0.481 e. The van der Waals surface area contributed by atoms with Crippen molar-refractivity contribution in [2.24, 2.45) is 5.92 Å². The highest BCUT2D eigenvalue weighted by molar-refractivity contribution is 5.97. The van der Waals surface area contributed by atoms with E-state index in [9.17, 15) is 19.5 Å². The van der Waals surface area contributed by atoms with E-state index in [0.29, 0.717) is 25.1 Å². The zero-order chi connectivity index (χ0) is 20.1. The molecule has 7 heteroatoms. The highest BCUT2D eigenvalue weighted by Gasteiger charge is 2.22. The lowest BCUT2D eigenvalue weighted by molar-refractivity contribution is -0.141. The smallest absolute Gasteiger partial charge is 0.321 e. The Morgan fingerprint density at radius 1 is 1.21 bits per heavy atom. The number of benzene rings is 2. The number of carbonyl (C=O) groups excluding carboxylic acids is 2. The molecule has 0 aliphatic carbocycles. The summed E-state index contributed by atoms with van der Waals surface area (Å²) < 4.78 is 0. The van der Waals surface area contributed by atoms with Crippen molar-refractivity contribution < 1.29 is 19.5 Å². The maximum Gasteiger partial charge on any atom is 0.321 e. The van der Waals surface area contributed by atoms with Crippen molar-refractivity contribution in [2.45, 2.75) is 13.3 Å². The Balaban J connectivity index is 1.59. The number of aliphatic carboxylic acids is 1. The number of hydrogen-bond acceptors (Lipinski definition) is 3. The Kier molecular flexibility index (Phi) is 5.93. The van der Waals surface area contributed by atoms with E-state index in [1.165, 1.54) is 0 Å². The van der Waals surface area contributed by atoms with Gasteiger partial charge in [0.2, 0.25) is 0 Å². The van der Waals surface area contributed by atoms with E-state index >= 15 is 0 Å². The van der Waals surface area contributed by atoms with Gasteiger partial charge in [0.25, 0.3) is 5.91 Å². The third-order valence-corrected chi connectivity index (χ3v) is 4.72. The molecule has 0 spiro atoms. The number of nitrogens with one attached hydrogen (secondary N) is 2. The molecule has 0 aromatic heterocycles. The topological polar surface area (TPSA) is 98.7 Å². The van der Waals surface area contributed by atoms with E-state index in [2.05, 4.69) is 10.6 Å². The van der Waals surface area contributed by atoms with Crippen molar-refractivity contribution >= 4 is 23.6 Å². The normalized spacial score (nSPS) is 14.5. The Bertz CT molecular complexity index is 879. The minimum Gasteiger partial charge on any atom is -0.481 e. The zero-order valence-corrected chi connectivity index (χ0v) is 15.6. The van der Waals surface area contributed by atoms with E-state index in [-0.39, 0.29) is 18.5 Å². The summed E-state index contributed by atoms with van der Waals surface area (Å²) in [5, 5.41) is 14.9. The summed E-state index contributed by atoms with van der Waals surface area (Å²) in [5.74, 6) is -2.00. The molecule has 146 valence electrons. The fourth-order valence-electron chi connectivity index (χ4n) is 3.20. The van der Waals surface area contributed by atoms with Crippen molar-refractivity contribution in [3.63, 3.8) is 0 Å². The van der Waals surface area contributed by atoms with Gasteiger partial charge in [-0.25, -0.2) is 4.79 Å². The molecule has 3 amide bonds. The summed E-state index contributed by atoms with van der Waals surface area (Å²) in [4.78, 5) is 37.2. The number of anilines is 1. The molecule has 28 heavy (non-hydrogen) atoms. The van der Waals surface area contributed by atoms with Crippen LogP contribution in [0.15, 0.2) is 48.5 Å². The van der Waals surface area contributed by atoms with Gasteiger partial charge in [0.15, 0.2) is 0 Å². The van der Waals surface area contributed by atoms with Gasteiger partial charge in [-0.1, -0.05) is 29.8 Å². The van der Waals surface area contributed by atoms with Crippen LogP contribution >= 0.6 is 0 Å². The molecule has 3 rings (SSSR count). The van der Waals surface area contributed by atoms with Gasteiger partial charge in [-0.15, -0.1) is 0 Å². The molecule has 0 radical (unpaired) electrons. The monoisotopic (exact) mass is 381 g/mol. The molecule has 1 fully saturated rings. The first-order valence-electron chi connectivity index (χ1n) is 9.16. The lowest BCUT2D eigenvalue weighted by Gasteiger charge is -2.16. The second-order valence-corrected chi connectivity index (χ2v) is 6.87. The second-order valence-electron chi connectivity index (χ2n) is 6.87. The van der Waals surface area contributed by atoms with Crippen LogP contribution in [-0.4, -0.2) is 42.6 Å². The van der Waals surface area contributed by atoms with E-state index in [4.69, 9.17) is 0 Å². The number of carboxylic acid groups (broad SMARTS) is 1. The Hall–Kier alpha value is -3.35. The van der Waals surface area contributed by atoms with Gasteiger partial charge < -0.3 is 15.7 Å². The molecule has 1 atom stereocenters. The minimum absolute atomic E-state index is 0.0401. The zero-order valence-electron chi connectivity index (χ0n) is 15.6. The Morgan fingerprint density at radius 3 is 2.57 bits per heavy atom. The summed E-state index contributed by atoms with van der Waals surface area (Å²) in [7, 11) is 0. The first-order valence-corrected chi connectivity index (χ1v) is 9.16. The van der Waals surface area contributed by atoms with Crippen LogP contribution in [0.25, 0.3) is 0 Å². The maximum absolute atomic E-state index is 12.4. The molecule has 1 heterocycles. The molecule has 2 aromatic rings. The number of urea groups is 1. The van der Waals surface area contributed by atoms with Crippen molar-refractivity contribution in [1.29, 1.82) is 0 Å². The third kappa shape index (κ3) is 4.68. The summed E-state index contributed by atoms with van der Waals surface area (Å²) in [6.45, 7) is 3.18. The number of aryl methyl sites for hydroxylation is 1. The Labute approximate surface area is 163 Å². The van der Waals surface area contributed by atoms with Crippen molar-refractivity contribution in [1.82, 2.24) is 10.6 Å². The minimum atomic E-state index is -0.947. The molecule has 1 saturated heterocycles. The molecular formula is C21H23N3O4. The van der Waals surface area contributed by atoms with Gasteiger partial charge in [0, 0.05) is 30.9 Å². The predicted octanol–water partition coefficient (Wildman–Crippen LogP) is 2.20. The first-order chi connectivity index (χ1) is 13.4. The van der Waals surface area contributed by atoms with Crippen molar-refractivity contribution in [2.75, 3.05) is 24.5 Å². The van der Waals surface area contributed by atoms with Gasteiger partial charge in [-0.2, -0.15) is 0 Å². The quantitative estimate of drug-likeness (QED) is 0.685. The summed E-state index contributed by atoms with van der Waals surface area (Å²) in [5.41, 5.74) is 3.13. The predicted molar refractivity (Wildman–Crippen MR) is 106 cm³/mol. The van der Waals surface area contributed by atoms with Gasteiger partial charge in [0.05, 0.1) is 5.92 Å². The summed E-state index contributed by atoms with van der Waals surface area (Å²) in [6.07, 6.45) is 0.348. The summed E-state index contributed by atoms with van der Waals surface area (Å²) in [6, 6.07) is 14.2. The van der Waals surface area contributed by atoms with Crippen molar-refractivity contribution in [3.05, 3.63) is 65.2 Å². The van der Waals surface area contributed by atoms with Crippen LogP contribution in [0, 0.1) is 12.8 Å². The number of amides is 3. The molecule has 3 N–H and O–H groups in total. The Morgan fingerprint density at radius 2 is 1.96 bits per heavy atom. The van der Waals surface area contributed by atoms with Crippen molar-refractivity contribution in [3.8, 4) is 0 Å². The fourth-order valence-corrected chi connectivity index (χ4v) is 3.20. The van der Waals surface area contributed by atoms with Gasteiger partial charge in [0.1, 0.15) is 0 Å². The lowest BCUT2D eigenvalue weighted by Crippen LogP contribution is -2.34. The number of hydrogen-bond donors (Lipinski definition) is 3. The van der Waals surface area contributed by atoms with Crippen LogP contribution in [0.2, 0.25) is 0 Å². The SMILES string of the molecule is Cc1cccc(CC(CNC(=O)c2ccc(N3CCNC3=O)cc2)C(=O)O)c1. The van der Waals surface area contributed by atoms with Gasteiger partial charge >= 0.3 is 12.0 Å². The van der Waals surface area contributed by atoms with Crippen LogP contribution in [0.3, 0.4) is 0 Å². The van der Waals surface area contributed by atoms with Crippen LogP contribution < -0.4 is 15.5 Å². The number of carbonyl (C=O) groups is 3. The second kappa shape index (κ2) is 8.56. The fraction of sp³-hybridized carbons (Fsp3) is 0.286. The molecular weight excluding hydrogens is 358 g/mol. The van der Waals surface area contributed by atoms with Crippen LogP contribution in [0.5, 0.6) is 0 Å². The maximum atomic E-state index is 12.4. The molecule has 7 nitrogen and oxygen atoms in total. The number of carboxylic acids is 1. The number of nitrogens with zero attached hydrogens (tertiary/aromatic N) is 1. The van der Waals surface area contributed by atoms with Crippen LogP contribution in [0.1, 0.15) is 21.5 Å². The highest BCUT2D eigenvalue weighted by atomic mass is 16.4. The third-order valence-electron chi connectivity index (χ3n) is 4.72. The number of rotatable bonds is 7. The van der Waals surface area contributed by atoms with E-state index in [0.717, 1.165) is 16.8 Å². The molecule has 1 aliphatic heterocycles. The highest BCUT2D eigenvalue weighted by Crippen LogP contribution is 2.17. The molecule has 0 saturated carbocycles. The molecule has 2 aromatic carbocycles. The lowest BCUT2D eigenvalue weighted by atomic mass is 9.98. The molecule has 1 unspecified atom stereocenters. The van der Waals surface area contributed by atoms with E-state index in [1.54, 1.807) is 29.2 Å². The molecule has 1 aliphatic rings. The first kappa shape index (κ1) is 19.4. The average molecular weight is 381 g/mol.